The number of hydrogen-bond acceptors (Lipinski definition) is 6. The third kappa shape index (κ3) is 4.68. The Bertz CT molecular complexity index is 899. The van der Waals surface area contributed by atoms with E-state index in [0.29, 0.717) is 22.2 Å². The third-order valence-corrected chi connectivity index (χ3v) is 4.87. The highest BCUT2D eigenvalue weighted by Crippen LogP contribution is 2.24. The lowest BCUT2D eigenvalue weighted by molar-refractivity contribution is -0.384. The van der Waals surface area contributed by atoms with Gasteiger partial charge in [0.2, 0.25) is 5.91 Å². The molecule has 132 valence electrons. The van der Waals surface area contributed by atoms with Crippen LogP contribution in [0.25, 0.3) is 0 Å². The molecular weight excluding hydrogens is 376 g/mol. The Balaban J connectivity index is 1.63. The lowest BCUT2D eigenvalue weighted by atomic mass is 10.1. The van der Waals surface area contributed by atoms with Crippen LogP contribution in [-0.2, 0) is 11.2 Å². The number of nitro groups is 1. The molecule has 0 saturated carbocycles. The SMILES string of the molecule is O=C1NC(=NN=Cc2cccc([N+](=O)[O-])c2)SC1Cc1ccc(Cl)cc1. The van der Waals surface area contributed by atoms with Gasteiger partial charge >= 0.3 is 0 Å². The van der Waals surface area contributed by atoms with Crippen molar-refractivity contribution in [2.45, 2.75) is 11.7 Å². The van der Waals surface area contributed by atoms with Crippen molar-refractivity contribution in [3.05, 3.63) is 74.8 Å². The fraction of sp³-hybridized carbons (Fsp3) is 0.118. The second-order valence-electron chi connectivity index (χ2n) is 5.43. The van der Waals surface area contributed by atoms with Crippen LogP contribution in [-0.4, -0.2) is 27.5 Å². The molecule has 1 N–H and O–H groups in total. The Morgan fingerprint density at radius 1 is 1.27 bits per heavy atom. The van der Waals surface area contributed by atoms with E-state index in [9.17, 15) is 14.9 Å². The zero-order valence-corrected chi connectivity index (χ0v) is 14.9. The van der Waals surface area contributed by atoms with Crippen LogP contribution >= 0.6 is 23.4 Å². The molecule has 1 fully saturated rings. The van der Waals surface area contributed by atoms with Crippen LogP contribution in [0.5, 0.6) is 0 Å². The molecule has 0 bridgehead atoms. The standard InChI is InChI=1S/C17H13ClN4O3S/c18-13-6-4-11(5-7-13)9-15-16(23)20-17(26-15)21-19-10-12-2-1-3-14(8-12)22(24)25/h1-8,10,15H,9H2,(H,20,21,23). The molecule has 7 nitrogen and oxygen atoms in total. The monoisotopic (exact) mass is 388 g/mol. The van der Waals surface area contributed by atoms with Crippen molar-refractivity contribution in [1.82, 2.24) is 5.32 Å². The number of halogens is 1. The molecule has 1 heterocycles. The van der Waals surface area contributed by atoms with Crippen molar-refractivity contribution in [2.75, 3.05) is 0 Å². The van der Waals surface area contributed by atoms with Crippen molar-refractivity contribution in [3.8, 4) is 0 Å². The van der Waals surface area contributed by atoms with Crippen molar-refractivity contribution in [3.63, 3.8) is 0 Å². The minimum atomic E-state index is -0.475. The summed E-state index contributed by atoms with van der Waals surface area (Å²) in [7, 11) is 0. The van der Waals surface area contributed by atoms with Crippen LogP contribution < -0.4 is 5.32 Å². The summed E-state index contributed by atoms with van der Waals surface area (Å²) in [6.07, 6.45) is 1.96. The van der Waals surface area contributed by atoms with E-state index in [2.05, 4.69) is 15.5 Å². The van der Waals surface area contributed by atoms with Crippen LogP contribution in [0.1, 0.15) is 11.1 Å². The van der Waals surface area contributed by atoms with E-state index in [0.717, 1.165) is 5.56 Å². The Kier molecular flexibility index (Phi) is 5.65. The van der Waals surface area contributed by atoms with Crippen molar-refractivity contribution in [2.24, 2.45) is 10.2 Å². The predicted octanol–water partition coefficient (Wildman–Crippen LogP) is 3.41. The van der Waals surface area contributed by atoms with Gasteiger partial charge in [-0.25, -0.2) is 0 Å². The van der Waals surface area contributed by atoms with Crippen LogP contribution in [0, 0.1) is 10.1 Å². The average molecular weight is 389 g/mol. The molecule has 0 radical (unpaired) electrons. The Morgan fingerprint density at radius 2 is 2.04 bits per heavy atom. The van der Waals surface area contributed by atoms with Gasteiger partial charge in [0.15, 0.2) is 5.17 Å². The number of nitro benzene ring substituents is 1. The van der Waals surface area contributed by atoms with Gasteiger partial charge in [-0.2, -0.15) is 5.10 Å². The lowest BCUT2D eigenvalue weighted by Gasteiger charge is -2.05. The Labute approximate surface area is 158 Å². The highest BCUT2D eigenvalue weighted by Gasteiger charge is 2.30. The molecule has 1 aliphatic heterocycles. The first-order chi connectivity index (χ1) is 12.5. The van der Waals surface area contributed by atoms with Gasteiger partial charge in [-0.3, -0.25) is 14.9 Å². The van der Waals surface area contributed by atoms with Gasteiger partial charge in [0.25, 0.3) is 5.69 Å². The number of nitrogens with zero attached hydrogens (tertiary/aromatic N) is 3. The van der Waals surface area contributed by atoms with Crippen LogP contribution in [0.4, 0.5) is 5.69 Å². The summed E-state index contributed by atoms with van der Waals surface area (Å²) in [5.74, 6) is -0.130. The normalized spacial score (nSPS) is 18.4. The van der Waals surface area contributed by atoms with Gasteiger partial charge in [0, 0.05) is 22.7 Å². The van der Waals surface area contributed by atoms with E-state index in [1.54, 1.807) is 24.3 Å². The van der Waals surface area contributed by atoms with Gasteiger partial charge in [0.05, 0.1) is 16.4 Å². The minimum Gasteiger partial charge on any atom is -0.303 e. The molecule has 1 saturated heterocycles. The van der Waals surface area contributed by atoms with Crippen LogP contribution in [0.3, 0.4) is 0 Å². The summed E-state index contributed by atoms with van der Waals surface area (Å²) in [4.78, 5) is 22.3. The Morgan fingerprint density at radius 3 is 2.77 bits per heavy atom. The maximum absolute atomic E-state index is 12.0. The molecule has 1 unspecified atom stereocenters. The summed E-state index contributed by atoms with van der Waals surface area (Å²) in [6, 6.07) is 13.4. The molecule has 1 amide bonds. The smallest absolute Gasteiger partial charge is 0.270 e. The average Bonchev–Trinajstić information content (AvgIpc) is 2.97. The number of amides is 1. The molecule has 9 heteroatoms. The van der Waals surface area contributed by atoms with Gasteiger partial charge < -0.3 is 5.32 Å². The molecule has 1 atom stereocenters. The summed E-state index contributed by atoms with van der Waals surface area (Å²) >= 11 is 7.15. The van der Waals surface area contributed by atoms with Gasteiger partial charge in [0.1, 0.15) is 0 Å². The van der Waals surface area contributed by atoms with Gasteiger partial charge in [-0.1, -0.05) is 47.6 Å². The maximum Gasteiger partial charge on any atom is 0.270 e. The number of non-ortho nitro benzene ring substituents is 1. The minimum absolute atomic E-state index is 0.0202. The number of carbonyl (C=O) groups is 1. The summed E-state index contributed by atoms with van der Waals surface area (Å²) in [6.45, 7) is 0. The number of thioether (sulfide) groups is 1. The number of hydrogen-bond donors (Lipinski definition) is 1. The first-order valence-electron chi connectivity index (χ1n) is 7.59. The van der Waals surface area contributed by atoms with E-state index >= 15 is 0 Å². The maximum atomic E-state index is 12.0. The molecule has 3 rings (SSSR count). The zero-order chi connectivity index (χ0) is 18.5. The molecule has 0 spiro atoms. The van der Waals surface area contributed by atoms with E-state index < -0.39 is 4.92 Å². The molecule has 26 heavy (non-hydrogen) atoms. The molecular formula is C17H13ClN4O3S. The highest BCUT2D eigenvalue weighted by atomic mass is 35.5. The quantitative estimate of drug-likeness (QED) is 0.482. The number of carbonyl (C=O) groups excluding carboxylic acids is 1. The van der Waals surface area contributed by atoms with E-state index in [-0.39, 0.29) is 16.8 Å². The molecule has 1 aliphatic rings. The fourth-order valence-electron chi connectivity index (χ4n) is 2.29. The van der Waals surface area contributed by atoms with Crippen molar-refractivity contribution in [1.29, 1.82) is 0 Å². The summed E-state index contributed by atoms with van der Waals surface area (Å²) in [5.41, 5.74) is 1.53. The largest absolute Gasteiger partial charge is 0.303 e. The Hall–Kier alpha value is -2.71. The molecule has 0 aliphatic carbocycles. The van der Waals surface area contributed by atoms with Crippen molar-refractivity contribution < 1.29 is 9.72 Å². The topological polar surface area (TPSA) is 97.0 Å². The molecule has 2 aromatic carbocycles. The third-order valence-electron chi connectivity index (χ3n) is 3.55. The molecule has 0 aromatic heterocycles. The highest BCUT2D eigenvalue weighted by molar-refractivity contribution is 8.15. The first kappa shape index (κ1) is 18.1. The van der Waals surface area contributed by atoms with Crippen LogP contribution in [0.15, 0.2) is 58.7 Å². The van der Waals surface area contributed by atoms with E-state index in [4.69, 9.17) is 11.6 Å². The number of benzene rings is 2. The second kappa shape index (κ2) is 8.11. The second-order valence-corrected chi connectivity index (χ2v) is 7.06. The van der Waals surface area contributed by atoms with Gasteiger partial charge in [-0.15, -0.1) is 5.10 Å². The molecule has 2 aromatic rings. The van der Waals surface area contributed by atoms with E-state index in [1.807, 2.05) is 12.1 Å². The number of nitrogens with one attached hydrogen (secondary N) is 1. The van der Waals surface area contributed by atoms with Crippen molar-refractivity contribution >= 4 is 46.3 Å². The van der Waals surface area contributed by atoms with Crippen LogP contribution in [0.2, 0.25) is 5.02 Å². The van der Waals surface area contributed by atoms with Gasteiger partial charge in [-0.05, 0) is 24.1 Å². The first-order valence-corrected chi connectivity index (χ1v) is 8.84. The summed E-state index contributed by atoms with van der Waals surface area (Å²) < 4.78 is 0. The number of amidine groups is 1. The lowest BCUT2D eigenvalue weighted by Crippen LogP contribution is -2.25. The van der Waals surface area contributed by atoms with E-state index in [1.165, 1.54) is 30.1 Å². The zero-order valence-electron chi connectivity index (χ0n) is 13.3. The summed E-state index contributed by atoms with van der Waals surface area (Å²) in [5, 5.41) is 22.1. The fourth-order valence-corrected chi connectivity index (χ4v) is 3.38. The predicted molar refractivity (Wildman–Crippen MR) is 103 cm³/mol. The number of rotatable bonds is 5.